The van der Waals surface area contributed by atoms with Crippen molar-refractivity contribution in [2.45, 2.75) is 65.7 Å². The van der Waals surface area contributed by atoms with Crippen molar-refractivity contribution in [3.63, 3.8) is 0 Å². The molecule has 2 bridgehead atoms. The van der Waals surface area contributed by atoms with E-state index in [1.54, 1.807) is 12.7 Å². The molecule has 2 nitrogen and oxygen atoms in total. The maximum Gasteiger partial charge on any atom is 0.311 e. The highest BCUT2D eigenvalue weighted by molar-refractivity contribution is 5.77. The number of rotatable bonds is 1. The second kappa shape index (κ2) is 4.52. The van der Waals surface area contributed by atoms with Gasteiger partial charge in [0.05, 0.1) is 12.5 Å². The van der Waals surface area contributed by atoms with Gasteiger partial charge in [-0.15, -0.1) is 0 Å². The molecule has 0 heterocycles. The Labute approximate surface area is 140 Å². The lowest BCUT2D eigenvalue weighted by atomic mass is 9.43. The zero-order chi connectivity index (χ0) is 16.5. The molecule has 0 N–H and O–H groups in total. The van der Waals surface area contributed by atoms with E-state index >= 15 is 0 Å². The molecule has 5 atom stereocenters. The molecule has 2 fully saturated rings. The smallest absolute Gasteiger partial charge is 0.311 e. The summed E-state index contributed by atoms with van der Waals surface area (Å²) in [5.41, 5.74) is 2.16. The molecule has 4 rings (SSSR count). The lowest BCUT2D eigenvalue weighted by Crippen LogP contribution is -2.54. The molecule has 2 heteroatoms. The number of carbonyl (C=O) groups is 1. The first-order valence-corrected chi connectivity index (χ1v) is 9.28. The van der Waals surface area contributed by atoms with Crippen molar-refractivity contribution < 1.29 is 9.53 Å². The van der Waals surface area contributed by atoms with E-state index in [1.807, 2.05) is 0 Å². The highest BCUT2D eigenvalue weighted by Crippen LogP contribution is 2.70. The molecular weight excluding hydrogens is 284 g/mol. The number of ether oxygens (including phenoxy) is 1. The number of carbonyl (C=O) groups excluding carboxylic acids is 1. The van der Waals surface area contributed by atoms with E-state index in [-0.39, 0.29) is 22.2 Å². The summed E-state index contributed by atoms with van der Waals surface area (Å²) in [5.74, 6) is 0.430. The molecule has 0 aromatic carbocycles. The van der Waals surface area contributed by atoms with E-state index in [0.717, 1.165) is 25.7 Å². The molecule has 0 radical (unpaired) electrons. The van der Waals surface area contributed by atoms with Crippen LogP contribution in [0.15, 0.2) is 23.8 Å². The van der Waals surface area contributed by atoms with Gasteiger partial charge in [0.1, 0.15) is 0 Å². The van der Waals surface area contributed by atoms with Gasteiger partial charge in [0.25, 0.3) is 0 Å². The van der Waals surface area contributed by atoms with Crippen LogP contribution in [0, 0.1) is 27.6 Å². The Bertz CT molecular complexity index is 617. The fraction of sp³-hybridized carbons (Fsp3) is 0.762. The third-order valence-electron chi connectivity index (χ3n) is 7.91. The summed E-state index contributed by atoms with van der Waals surface area (Å²) in [5, 5.41) is 0. The molecule has 0 aromatic rings. The van der Waals surface area contributed by atoms with E-state index in [4.69, 9.17) is 4.74 Å². The van der Waals surface area contributed by atoms with E-state index in [9.17, 15) is 4.79 Å². The molecule has 4 aliphatic carbocycles. The molecule has 1 spiro atoms. The van der Waals surface area contributed by atoms with E-state index in [1.165, 1.54) is 19.3 Å². The minimum absolute atomic E-state index is 0.00702. The second-order valence-electron chi connectivity index (χ2n) is 9.41. The average Bonchev–Trinajstić information content (AvgIpc) is 2.76. The van der Waals surface area contributed by atoms with Crippen molar-refractivity contribution in [3.8, 4) is 0 Å². The maximum atomic E-state index is 12.6. The van der Waals surface area contributed by atoms with Crippen LogP contribution in [0.5, 0.6) is 0 Å². The Morgan fingerprint density at radius 2 is 1.96 bits per heavy atom. The monoisotopic (exact) mass is 314 g/mol. The van der Waals surface area contributed by atoms with Crippen molar-refractivity contribution in [1.82, 2.24) is 0 Å². The molecule has 0 amide bonds. The minimum atomic E-state index is -0.312. The molecule has 5 unspecified atom stereocenters. The van der Waals surface area contributed by atoms with Gasteiger partial charge in [-0.3, -0.25) is 4.79 Å². The number of esters is 1. The SMILES string of the molecule is COC(=O)C1(C)CCCC2(C)C3=CCC4(C)C=CC3(CCC12)C4. The predicted octanol–water partition coefficient (Wildman–Crippen LogP) is 5.05. The molecule has 126 valence electrons. The third-order valence-corrected chi connectivity index (χ3v) is 7.91. The van der Waals surface area contributed by atoms with Crippen molar-refractivity contribution in [2.24, 2.45) is 27.6 Å². The first-order chi connectivity index (χ1) is 10.8. The van der Waals surface area contributed by atoms with Gasteiger partial charge in [0.15, 0.2) is 0 Å². The van der Waals surface area contributed by atoms with Crippen LogP contribution in [0.2, 0.25) is 0 Å². The van der Waals surface area contributed by atoms with E-state index in [2.05, 4.69) is 39.0 Å². The summed E-state index contributed by atoms with van der Waals surface area (Å²) in [6, 6.07) is 0. The maximum absolute atomic E-state index is 12.6. The number of methoxy groups -OCH3 is 1. The largest absolute Gasteiger partial charge is 0.469 e. The van der Waals surface area contributed by atoms with Crippen LogP contribution in [-0.4, -0.2) is 13.1 Å². The fourth-order valence-corrected chi connectivity index (χ4v) is 6.88. The molecular formula is C21H30O2. The summed E-state index contributed by atoms with van der Waals surface area (Å²) in [6.45, 7) is 7.01. The Balaban J connectivity index is 1.79. The first kappa shape index (κ1) is 15.5. The van der Waals surface area contributed by atoms with Crippen molar-refractivity contribution in [3.05, 3.63) is 23.8 Å². The molecule has 0 saturated heterocycles. The van der Waals surface area contributed by atoms with Gasteiger partial charge in [-0.25, -0.2) is 0 Å². The Kier molecular flexibility index (Phi) is 3.04. The zero-order valence-electron chi connectivity index (χ0n) is 15.1. The van der Waals surface area contributed by atoms with Gasteiger partial charge in [-0.2, -0.15) is 0 Å². The van der Waals surface area contributed by atoms with Crippen molar-refractivity contribution in [2.75, 3.05) is 7.11 Å². The summed E-state index contributed by atoms with van der Waals surface area (Å²) >= 11 is 0. The highest BCUT2D eigenvalue weighted by atomic mass is 16.5. The van der Waals surface area contributed by atoms with Crippen LogP contribution >= 0.6 is 0 Å². The number of hydrogen-bond donors (Lipinski definition) is 0. The molecule has 2 saturated carbocycles. The number of hydrogen-bond acceptors (Lipinski definition) is 2. The van der Waals surface area contributed by atoms with Gasteiger partial charge < -0.3 is 4.74 Å². The van der Waals surface area contributed by atoms with Crippen LogP contribution < -0.4 is 0 Å². The Morgan fingerprint density at radius 3 is 2.70 bits per heavy atom. The summed E-state index contributed by atoms with van der Waals surface area (Å²) in [7, 11) is 1.55. The molecule has 0 aromatic heterocycles. The number of fused-ring (bicyclic) bond motifs is 3. The summed E-state index contributed by atoms with van der Waals surface area (Å²) in [6.07, 6.45) is 15.7. The van der Waals surface area contributed by atoms with Gasteiger partial charge in [-0.1, -0.05) is 44.1 Å². The van der Waals surface area contributed by atoms with Crippen LogP contribution in [-0.2, 0) is 9.53 Å². The Morgan fingerprint density at radius 1 is 1.17 bits per heavy atom. The van der Waals surface area contributed by atoms with Gasteiger partial charge in [-0.05, 0) is 62.2 Å². The average molecular weight is 314 g/mol. The first-order valence-electron chi connectivity index (χ1n) is 9.28. The zero-order valence-corrected chi connectivity index (χ0v) is 15.1. The molecule has 4 aliphatic rings. The van der Waals surface area contributed by atoms with Crippen LogP contribution in [0.1, 0.15) is 65.7 Å². The molecule has 0 aliphatic heterocycles. The third kappa shape index (κ3) is 1.84. The predicted molar refractivity (Wildman–Crippen MR) is 91.8 cm³/mol. The fourth-order valence-electron chi connectivity index (χ4n) is 6.88. The minimum Gasteiger partial charge on any atom is -0.469 e. The van der Waals surface area contributed by atoms with Crippen LogP contribution in [0.25, 0.3) is 0 Å². The van der Waals surface area contributed by atoms with Crippen LogP contribution in [0.4, 0.5) is 0 Å². The lowest BCUT2D eigenvalue weighted by Gasteiger charge is -2.60. The van der Waals surface area contributed by atoms with Gasteiger partial charge >= 0.3 is 5.97 Å². The van der Waals surface area contributed by atoms with Crippen molar-refractivity contribution in [1.29, 1.82) is 0 Å². The van der Waals surface area contributed by atoms with Gasteiger partial charge in [0, 0.05) is 5.41 Å². The quantitative estimate of drug-likeness (QED) is 0.500. The summed E-state index contributed by atoms with van der Waals surface area (Å²) in [4.78, 5) is 12.6. The normalized spacial score (nSPS) is 50.8. The highest BCUT2D eigenvalue weighted by Gasteiger charge is 2.62. The van der Waals surface area contributed by atoms with E-state index in [0.29, 0.717) is 11.3 Å². The van der Waals surface area contributed by atoms with Gasteiger partial charge in [0.2, 0.25) is 0 Å². The summed E-state index contributed by atoms with van der Waals surface area (Å²) < 4.78 is 5.23. The van der Waals surface area contributed by atoms with E-state index < -0.39 is 0 Å². The van der Waals surface area contributed by atoms with Crippen LogP contribution in [0.3, 0.4) is 0 Å². The topological polar surface area (TPSA) is 26.3 Å². The standard InChI is InChI=1S/C21H30O2/c1-18-10-6-16-19(2)8-5-9-20(3,17(22)23-4)15(19)7-11-21(16,14-18)13-12-18/h6,12-13,15H,5,7-11,14H2,1-4H3. The van der Waals surface area contributed by atoms with Crippen molar-refractivity contribution >= 4 is 5.97 Å². The Hall–Kier alpha value is -1.05. The molecule has 23 heavy (non-hydrogen) atoms. The number of allylic oxidation sites excluding steroid dienone is 4. The second-order valence-corrected chi connectivity index (χ2v) is 9.41. The lowest BCUT2D eigenvalue weighted by molar-refractivity contribution is -0.165.